The summed E-state index contributed by atoms with van der Waals surface area (Å²) in [5.74, 6) is 1.76. The van der Waals surface area contributed by atoms with Crippen molar-refractivity contribution in [1.29, 1.82) is 0 Å². The Morgan fingerprint density at radius 2 is 1.85 bits per heavy atom. The van der Waals surface area contributed by atoms with Gasteiger partial charge in [-0.15, -0.1) is 0 Å². The third-order valence-electron chi connectivity index (χ3n) is 3.40. The Morgan fingerprint density at radius 1 is 1.25 bits per heavy atom. The van der Waals surface area contributed by atoms with Crippen molar-refractivity contribution in [2.75, 3.05) is 19.5 Å². The second-order valence-corrected chi connectivity index (χ2v) is 6.32. The van der Waals surface area contributed by atoms with Crippen molar-refractivity contribution < 1.29 is 14.3 Å². The first-order valence-corrected chi connectivity index (χ1v) is 7.39. The molecule has 0 heterocycles. The van der Waals surface area contributed by atoms with Gasteiger partial charge >= 0.3 is 5.97 Å². The highest BCUT2D eigenvalue weighted by Crippen LogP contribution is 2.27. The third kappa shape index (κ3) is 5.45. The molecule has 0 spiro atoms. The fourth-order valence-corrected chi connectivity index (χ4v) is 2.37. The molecule has 20 heavy (non-hydrogen) atoms. The first-order chi connectivity index (χ1) is 9.36. The molecule has 0 aliphatic heterocycles. The summed E-state index contributed by atoms with van der Waals surface area (Å²) in [4.78, 5) is 11.2. The summed E-state index contributed by atoms with van der Waals surface area (Å²) in [6.07, 6.45) is 0.290. The van der Waals surface area contributed by atoms with Gasteiger partial charge in [-0.25, -0.2) is 0 Å². The van der Waals surface area contributed by atoms with Crippen LogP contribution in [0.4, 0.5) is 0 Å². The molecule has 0 aliphatic carbocycles. The highest BCUT2D eigenvalue weighted by atomic mass is 32.1. The molecule has 0 bridgehead atoms. The lowest BCUT2D eigenvalue weighted by atomic mass is 9.82. The molecule has 4 heteroatoms. The van der Waals surface area contributed by atoms with Crippen LogP contribution < -0.4 is 4.74 Å². The molecule has 112 valence electrons. The van der Waals surface area contributed by atoms with E-state index in [-0.39, 0.29) is 17.8 Å². The lowest BCUT2D eigenvalue weighted by Gasteiger charge is -2.29. The van der Waals surface area contributed by atoms with Crippen molar-refractivity contribution in [2.45, 2.75) is 27.2 Å². The number of ether oxygens (including phenoxy) is 2. The summed E-state index contributed by atoms with van der Waals surface area (Å²) in [6.45, 7) is 7.22. The fraction of sp³-hybridized carbons (Fsp3) is 0.562. The number of hydrogen-bond donors (Lipinski definition) is 1. The van der Waals surface area contributed by atoms with Crippen LogP contribution in [0, 0.1) is 11.3 Å². The largest absolute Gasteiger partial charge is 0.493 e. The van der Waals surface area contributed by atoms with E-state index in [0.717, 1.165) is 17.1 Å². The van der Waals surface area contributed by atoms with Gasteiger partial charge in [0.1, 0.15) is 5.75 Å². The van der Waals surface area contributed by atoms with E-state index in [1.54, 1.807) is 0 Å². The van der Waals surface area contributed by atoms with Crippen molar-refractivity contribution in [3.8, 4) is 5.75 Å². The Labute approximate surface area is 127 Å². The van der Waals surface area contributed by atoms with Crippen molar-refractivity contribution in [2.24, 2.45) is 11.3 Å². The zero-order chi connectivity index (χ0) is 15.2. The SMILES string of the molecule is COC(=O)Cc1ccc(OCC(CS)C(C)(C)C)cc1. The zero-order valence-corrected chi connectivity index (χ0v) is 13.6. The van der Waals surface area contributed by atoms with Crippen LogP contribution in [0.15, 0.2) is 24.3 Å². The minimum absolute atomic E-state index is 0.173. The average molecular weight is 296 g/mol. The number of esters is 1. The van der Waals surface area contributed by atoms with Crippen molar-refractivity contribution >= 4 is 18.6 Å². The van der Waals surface area contributed by atoms with Crippen molar-refractivity contribution in [3.63, 3.8) is 0 Å². The monoisotopic (exact) mass is 296 g/mol. The molecule has 0 radical (unpaired) electrons. The van der Waals surface area contributed by atoms with E-state index in [0.29, 0.717) is 12.5 Å². The first-order valence-electron chi connectivity index (χ1n) is 6.76. The average Bonchev–Trinajstić information content (AvgIpc) is 2.39. The number of rotatable bonds is 6. The van der Waals surface area contributed by atoms with Gasteiger partial charge in [0.05, 0.1) is 20.1 Å². The molecule has 3 nitrogen and oxygen atoms in total. The van der Waals surface area contributed by atoms with Crippen LogP contribution in [0.2, 0.25) is 0 Å². The molecule has 1 aromatic carbocycles. The summed E-state index contributed by atoms with van der Waals surface area (Å²) in [5.41, 5.74) is 1.10. The summed E-state index contributed by atoms with van der Waals surface area (Å²) < 4.78 is 10.4. The molecule has 0 fully saturated rings. The summed E-state index contributed by atoms with van der Waals surface area (Å²) >= 11 is 4.39. The van der Waals surface area contributed by atoms with E-state index in [2.05, 4.69) is 38.1 Å². The molecule has 1 atom stereocenters. The van der Waals surface area contributed by atoms with E-state index < -0.39 is 0 Å². The molecule has 1 aromatic rings. The van der Waals surface area contributed by atoms with Gasteiger partial charge in [0.2, 0.25) is 0 Å². The topological polar surface area (TPSA) is 35.5 Å². The highest BCUT2D eigenvalue weighted by molar-refractivity contribution is 7.80. The second-order valence-electron chi connectivity index (χ2n) is 5.95. The molecule has 0 amide bonds. The van der Waals surface area contributed by atoms with Gasteiger partial charge in [-0.1, -0.05) is 32.9 Å². The molecular formula is C16H24O3S. The van der Waals surface area contributed by atoms with Crippen LogP contribution in [0.1, 0.15) is 26.3 Å². The Hall–Kier alpha value is -1.16. The lowest BCUT2D eigenvalue weighted by Crippen LogP contribution is -2.28. The van der Waals surface area contributed by atoms with E-state index in [1.165, 1.54) is 7.11 Å². The molecule has 0 aromatic heterocycles. The minimum Gasteiger partial charge on any atom is -0.493 e. The molecule has 1 rings (SSSR count). The Kier molecular flexibility index (Phi) is 6.40. The minimum atomic E-state index is -0.235. The number of hydrogen-bond acceptors (Lipinski definition) is 4. The zero-order valence-electron chi connectivity index (χ0n) is 12.7. The van der Waals surface area contributed by atoms with Crippen molar-refractivity contribution in [1.82, 2.24) is 0 Å². The molecule has 0 aliphatic rings. The molecule has 0 saturated carbocycles. The number of thiol groups is 1. The van der Waals surface area contributed by atoms with Gasteiger partial charge in [-0.3, -0.25) is 4.79 Å². The number of carbonyl (C=O) groups is 1. The van der Waals surface area contributed by atoms with Crippen LogP contribution in [0.25, 0.3) is 0 Å². The maximum atomic E-state index is 11.2. The highest BCUT2D eigenvalue weighted by Gasteiger charge is 2.23. The predicted molar refractivity (Wildman–Crippen MR) is 84.5 cm³/mol. The molecule has 1 unspecified atom stereocenters. The summed E-state index contributed by atoms with van der Waals surface area (Å²) in [5, 5.41) is 0. The van der Waals surface area contributed by atoms with Gasteiger partial charge in [0.15, 0.2) is 0 Å². The smallest absolute Gasteiger partial charge is 0.309 e. The normalized spacial score (nSPS) is 12.8. The summed E-state index contributed by atoms with van der Waals surface area (Å²) in [7, 11) is 1.39. The number of carbonyl (C=O) groups excluding carboxylic acids is 1. The van der Waals surface area contributed by atoms with Gasteiger partial charge in [-0.05, 0) is 28.9 Å². The maximum Gasteiger partial charge on any atom is 0.309 e. The van der Waals surface area contributed by atoms with Crippen LogP contribution in [0.3, 0.4) is 0 Å². The Morgan fingerprint density at radius 3 is 2.30 bits per heavy atom. The predicted octanol–water partition coefficient (Wildman–Crippen LogP) is 3.37. The van der Waals surface area contributed by atoms with Gasteiger partial charge in [0.25, 0.3) is 0 Å². The molecular weight excluding hydrogens is 272 g/mol. The van der Waals surface area contributed by atoms with E-state index in [9.17, 15) is 4.79 Å². The maximum absolute atomic E-state index is 11.2. The third-order valence-corrected chi connectivity index (χ3v) is 3.84. The van der Waals surface area contributed by atoms with E-state index >= 15 is 0 Å². The van der Waals surface area contributed by atoms with Crippen LogP contribution in [0.5, 0.6) is 5.75 Å². The standard InChI is InChI=1S/C16H24O3S/c1-16(2,3)13(11-20)10-19-14-7-5-12(6-8-14)9-15(17)18-4/h5-8,13,20H,9-11H2,1-4H3. The van der Waals surface area contributed by atoms with E-state index in [4.69, 9.17) is 4.74 Å². The second kappa shape index (κ2) is 7.58. The lowest BCUT2D eigenvalue weighted by molar-refractivity contribution is -0.139. The van der Waals surface area contributed by atoms with Crippen LogP contribution >= 0.6 is 12.6 Å². The van der Waals surface area contributed by atoms with Crippen molar-refractivity contribution in [3.05, 3.63) is 29.8 Å². The first kappa shape index (κ1) is 16.9. The molecule has 0 saturated heterocycles. The summed E-state index contributed by atoms with van der Waals surface area (Å²) in [6, 6.07) is 7.55. The van der Waals surface area contributed by atoms with Gasteiger partial charge in [0, 0.05) is 5.92 Å². The number of methoxy groups -OCH3 is 1. The van der Waals surface area contributed by atoms with Crippen LogP contribution in [-0.4, -0.2) is 25.4 Å². The Bertz CT molecular complexity index is 420. The van der Waals surface area contributed by atoms with Crippen LogP contribution in [-0.2, 0) is 16.0 Å². The van der Waals surface area contributed by atoms with E-state index in [1.807, 2.05) is 24.3 Å². The Balaban J connectivity index is 2.55. The number of benzene rings is 1. The molecule has 0 N–H and O–H groups in total. The van der Waals surface area contributed by atoms with Gasteiger partial charge in [-0.2, -0.15) is 12.6 Å². The fourth-order valence-electron chi connectivity index (χ4n) is 1.72. The van der Waals surface area contributed by atoms with Gasteiger partial charge < -0.3 is 9.47 Å². The quantitative estimate of drug-likeness (QED) is 0.646.